The average molecular weight is 311 g/mol. The molecule has 0 bridgehead atoms. The summed E-state index contributed by atoms with van der Waals surface area (Å²) >= 11 is 0. The lowest BCUT2D eigenvalue weighted by Crippen LogP contribution is -2.48. The van der Waals surface area contributed by atoms with Gasteiger partial charge in [-0.2, -0.15) is 4.68 Å². The Morgan fingerprint density at radius 3 is 2.43 bits per heavy atom. The summed E-state index contributed by atoms with van der Waals surface area (Å²) in [6, 6.07) is 8.38. The van der Waals surface area contributed by atoms with Crippen LogP contribution in [0.4, 0.5) is 0 Å². The third kappa shape index (κ3) is 2.47. The van der Waals surface area contributed by atoms with E-state index in [4.69, 9.17) is 0 Å². The molecular weight excluding hydrogens is 286 g/mol. The van der Waals surface area contributed by atoms with Crippen LogP contribution in [0.5, 0.6) is 0 Å². The highest BCUT2D eigenvalue weighted by Gasteiger charge is 2.45. The molecule has 2 aliphatic rings. The maximum absolute atomic E-state index is 4.52. The number of nitrogens with zero attached hydrogens (tertiary/aromatic N) is 5. The molecule has 122 valence electrons. The number of tetrazole rings is 1. The molecule has 2 aromatic rings. The highest BCUT2D eigenvalue weighted by atomic mass is 15.6. The van der Waals surface area contributed by atoms with Gasteiger partial charge in [-0.05, 0) is 67.8 Å². The highest BCUT2D eigenvalue weighted by molar-refractivity contribution is 5.40. The van der Waals surface area contributed by atoms with Crippen LogP contribution in [0.25, 0.3) is 5.69 Å². The zero-order chi connectivity index (χ0) is 15.7. The van der Waals surface area contributed by atoms with Crippen LogP contribution < -0.4 is 0 Å². The Kier molecular flexibility index (Phi) is 3.89. The van der Waals surface area contributed by atoms with Crippen molar-refractivity contribution in [3.05, 3.63) is 35.7 Å². The van der Waals surface area contributed by atoms with E-state index in [0.29, 0.717) is 0 Å². The van der Waals surface area contributed by atoms with E-state index in [9.17, 15) is 0 Å². The predicted octanol–water partition coefficient (Wildman–Crippen LogP) is 3.23. The Labute approximate surface area is 137 Å². The molecule has 4 rings (SSSR count). The number of aryl methyl sites for hydroxylation is 1. The summed E-state index contributed by atoms with van der Waals surface area (Å²) in [6.07, 6.45) is 8.86. The van der Waals surface area contributed by atoms with Gasteiger partial charge in [0, 0.05) is 0 Å². The first-order chi connectivity index (χ1) is 11.3. The van der Waals surface area contributed by atoms with Gasteiger partial charge in [-0.25, -0.2) is 0 Å². The fraction of sp³-hybridized carbons (Fsp3) is 0.611. The number of likely N-dealkylation sites (tertiary alicyclic amines) is 1. The summed E-state index contributed by atoms with van der Waals surface area (Å²) in [5.74, 6) is 1.05. The highest BCUT2D eigenvalue weighted by Crippen LogP contribution is 2.44. The fourth-order valence-corrected chi connectivity index (χ4v) is 4.40. The molecule has 1 saturated carbocycles. The fourth-order valence-electron chi connectivity index (χ4n) is 4.40. The molecular formula is C18H25N5. The van der Waals surface area contributed by atoms with Gasteiger partial charge in [0.05, 0.1) is 11.2 Å². The molecule has 1 aliphatic carbocycles. The van der Waals surface area contributed by atoms with E-state index in [1.165, 1.54) is 63.6 Å². The van der Waals surface area contributed by atoms with E-state index >= 15 is 0 Å². The van der Waals surface area contributed by atoms with E-state index in [0.717, 1.165) is 11.5 Å². The lowest BCUT2D eigenvalue weighted by atomic mass is 9.91. The lowest BCUT2D eigenvalue weighted by molar-refractivity contribution is 0.0589. The van der Waals surface area contributed by atoms with E-state index in [2.05, 4.69) is 51.6 Å². The summed E-state index contributed by atoms with van der Waals surface area (Å²) in [6.45, 7) is 4.49. The number of aromatic nitrogens is 4. The molecule has 23 heavy (non-hydrogen) atoms. The van der Waals surface area contributed by atoms with Crippen molar-refractivity contribution in [1.82, 2.24) is 25.1 Å². The molecule has 0 radical (unpaired) electrons. The summed E-state index contributed by atoms with van der Waals surface area (Å²) in [4.78, 5) is 2.67. The first-order valence-corrected chi connectivity index (χ1v) is 8.91. The van der Waals surface area contributed by atoms with Gasteiger partial charge < -0.3 is 0 Å². The van der Waals surface area contributed by atoms with Crippen molar-refractivity contribution in [2.24, 2.45) is 0 Å². The molecule has 5 heteroatoms. The summed E-state index contributed by atoms with van der Waals surface area (Å²) in [7, 11) is 0. The van der Waals surface area contributed by atoms with Crippen molar-refractivity contribution in [2.45, 2.75) is 57.4 Å². The third-order valence-electron chi connectivity index (χ3n) is 5.62. The van der Waals surface area contributed by atoms with Crippen LogP contribution in [0.2, 0.25) is 0 Å². The Morgan fingerprint density at radius 1 is 0.957 bits per heavy atom. The predicted molar refractivity (Wildman–Crippen MR) is 89.5 cm³/mol. The van der Waals surface area contributed by atoms with Gasteiger partial charge >= 0.3 is 0 Å². The van der Waals surface area contributed by atoms with Gasteiger partial charge in [0.25, 0.3) is 0 Å². The SMILES string of the molecule is Cc1ccccc1-n1nnnc1C1(N2CCCCC2)CCCC1. The summed E-state index contributed by atoms with van der Waals surface area (Å²) in [5.41, 5.74) is 2.36. The van der Waals surface area contributed by atoms with Gasteiger partial charge in [0.2, 0.25) is 0 Å². The first-order valence-electron chi connectivity index (χ1n) is 8.91. The normalized spacial score (nSPS) is 21.6. The minimum absolute atomic E-state index is 0.0339. The van der Waals surface area contributed by atoms with E-state index in [-0.39, 0.29) is 5.54 Å². The Bertz CT molecular complexity index is 666. The van der Waals surface area contributed by atoms with Crippen LogP contribution in [-0.4, -0.2) is 38.2 Å². The van der Waals surface area contributed by atoms with Crippen LogP contribution in [0.3, 0.4) is 0 Å². The molecule has 2 fully saturated rings. The molecule has 0 atom stereocenters. The van der Waals surface area contributed by atoms with E-state index in [1.807, 2.05) is 4.68 Å². The molecule has 0 amide bonds. The second-order valence-corrected chi connectivity index (χ2v) is 6.99. The molecule has 2 heterocycles. The number of hydrogen-bond acceptors (Lipinski definition) is 4. The topological polar surface area (TPSA) is 46.8 Å². The van der Waals surface area contributed by atoms with Gasteiger partial charge in [0.15, 0.2) is 5.82 Å². The molecule has 1 aromatic carbocycles. The van der Waals surface area contributed by atoms with Crippen molar-refractivity contribution >= 4 is 0 Å². The number of benzene rings is 1. The van der Waals surface area contributed by atoms with Gasteiger partial charge in [-0.3, -0.25) is 4.90 Å². The minimum atomic E-state index is 0.0339. The molecule has 0 spiro atoms. The maximum atomic E-state index is 4.52. The van der Waals surface area contributed by atoms with Gasteiger partial charge in [-0.15, -0.1) is 5.10 Å². The van der Waals surface area contributed by atoms with Gasteiger partial charge in [0.1, 0.15) is 0 Å². The Balaban J connectivity index is 1.79. The maximum Gasteiger partial charge on any atom is 0.176 e. The number of para-hydroxylation sites is 1. The summed E-state index contributed by atoms with van der Waals surface area (Å²) in [5, 5.41) is 12.9. The van der Waals surface area contributed by atoms with E-state index in [1.54, 1.807) is 0 Å². The van der Waals surface area contributed by atoms with Crippen molar-refractivity contribution in [1.29, 1.82) is 0 Å². The number of piperidine rings is 1. The second-order valence-electron chi connectivity index (χ2n) is 6.99. The first kappa shape index (κ1) is 14.8. The quantitative estimate of drug-likeness (QED) is 0.873. The Hall–Kier alpha value is -1.75. The molecule has 5 nitrogen and oxygen atoms in total. The second kappa shape index (κ2) is 6.04. The van der Waals surface area contributed by atoms with Gasteiger partial charge in [-0.1, -0.05) is 37.5 Å². The van der Waals surface area contributed by atoms with Crippen LogP contribution in [-0.2, 0) is 5.54 Å². The largest absolute Gasteiger partial charge is 0.291 e. The van der Waals surface area contributed by atoms with Crippen molar-refractivity contribution in [3.63, 3.8) is 0 Å². The average Bonchev–Trinajstić information content (AvgIpc) is 3.26. The van der Waals surface area contributed by atoms with Crippen molar-refractivity contribution < 1.29 is 0 Å². The zero-order valence-corrected chi connectivity index (χ0v) is 13.9. The van der Waals surface area contributed by atoms with Crippen LogP contribution in [0.1, 0.15) is 56.3 Å². The zero-order valence-electron chi connectivity index (χ0n) is 13.9. The molecule has 1 saturated heterocycles. The van der Waals surface area contributed by atoms with E-state index < -0.39 is 0 Å². The standard InChI is InChI=1S/C18H25N5/c1-15-9-3-4-10-16(15)23-17(19-20-21-23)18(11-5-6-12-18)22-13-7-2-8-14-22/h3-4,9-10H,2,5-8,11-14H2,1H3. The monoisotopic (exact) mass is 311 g/mol. The summed E-state index contributed by atoms with van der Waals surface area (Å²) < 4.78 is 2.00. The minimum Gasteiger partial charge on any atom is -0.291 e. The molecule has 0 unspecified atom stereocenters. The number of hydrogen-bond donors (Lipinski definition) is 0. The van der Waals surface area contributed by atoms with Crippen molar-refractivity contribution in [3.8, 4) is 5.69 Å². The molecule has 1 aromatic heterocycles. The van der Waals surface area contributed by atoms with Crippen LogP contribution >= 0.6 is 0 Å². The van der Waals surface area contributed by atoms with Crippen molar-refractivity contribution in [2.75, 3.05) is 13.1 Å². The molecule has 0 N–H and O–H groups in total. The lowest BCUT2D eigenvalue weighted by Gasteiger charge is -2.42. The smallest absolute Gasteiger partial charge is 0.176 e. The number of rotatable bonds is 3. The Morgan fingerprint density at radius 2 is 1.70 bits per heavy atom. The van der Waals surface area contributed by atoms with Crippen LogP contribution in [0.15, 0.2) is 24.3 Å². The third-order valence-corrected chi connectivity index (χ3v) is 5.62. The van der Waals surface area contributed by atoms with Crippen LogP contribution in [0, 0.1) is 6.92 Å². The molecule has 1 aliphatic heterocycles.